The molecular weight excluding hydrogens is 722 g/mol. The summed E-state index contributed by atoms with van der Waals surface area (Å²) in [5.41, 5.74) is 1.00. The SMILES string of the molecule is CC[C@@H]1/C=C(/C)C[C@H](C)C[C@H](OC)[C@H]2O[C@@](O)(C(=O)C(=O)N3CCCC[C@H]3C(=O)O[C@H](C(C)CC3CC[C@@H](O)[C@H](OC)C3)[C@H](C)[C@@H](O)CC1=O)[C@H](C)C[C@@H]2OC. The maximum absolute atomic E-state index is 14.3. The molecule has 13 heteroatoms. The van der Waals surface area contributed by atoms with Crippen LogP contribution in [0.5, 0.6) is 0 Å². The number of carbonyl (C=O) groups is 4. The number of amides is 1. The number of aliphatic hydroxyl groups is 3. The first-order valence-corrected chi connectivity index (χ1v) is 21.1. The monoisotopic (exact) mass is 793 g/mol. The van der Waals surface area contributed by atoms with E-state index < -0.39 is 83.9 Å². The molecule has 4 rings (SSSR count). The maximum Gasteiger partial charge on any atom is 0.329 e. The molecule has 56 heavy (non-hydrogen) atoms. The molecule has 3 fully saturated rings. The van der Waals surface area contributed by atoms with Crippen LogP contribution in [0.1, 0.15) is 119 Å². The van der Waals surface area contributed by atoms with Crippen molar-refractivity contribution in [3.8, 4) is 0 Å². The highest BCUT2D eigenvalue weighted by molar-refractivity contribution is 6.39. The summed E-state index contributed by atoms with van der Waals surface area (Å²) in [5, 5.41) is 34.1. The van der Waals surface area contributed by atoms with Gasteiger partial charge in [-0.2, -0.15) is 0 Å². The molecule has 0 spiro atoms. The fourth-order valence-corrected chi connectivity index (χ4v) is 9.85. The van der Waals surface area contributed by atoms with Gasteiger partial charge in [-0.1, -0.05) is 46.3 Å². The summed E-state index contributed by atoms with van der Waals surface area (Å²) >= 11 is 0. The van der Waals surface area contributed by atoms with Crippen molar-refractivity contribution in [3.05, 3.63) is 11.6 Å². The number of allylic oxidation sites excluding steroid dienone is 2. The van der Waals surface area contributed by atoms with Gasteiger partial charge in [-0.25, -0.2) is 4.79 Å². The van der Waals surface area contributed by atoms with E-state index in [1.165, 1.54) is 19.1 Å². The Bertz CT molecular complexity index is 1370. The van der Waals surface area contributed by atoms with Crippen LogP contribution in [-0.4, -0.2) is 126 Å². The van der Waals surface area contributed by atoms with Crippen LogP contribution in [0, 0.1) is 35.5 Å². The number of methoxy groups -OCH3 is 3. The first kappa shape index (κ1) is 46.4. The number of carbonyl (C=O) groups excluding carboxylic acids is 4. The van der Waals surface area contributed by atoms with E-state index in [2.05, 4.69) is 6.92 Å². The zero-order valence-corrected chi connectivity index (χ0v) is 35.3. The highest BCUT2D eigenvalue weighted by atomic mass is 16.7. The summed E-state index contributed by atoms with van der Waals surface area (Å²) in [6.45, 7) is 11.5. The van der Waals surface area contributed by atoms with Gasteiger partial charge in [-0.15, -0.1) is 0 Å². The lowest BCUT2D eigenvalue weighted by Crippen LogP contribution is -2.64. The van der Waals surface area contributed by atoms with Crippen LogP contribution in [0.4, 0.5) is 0 Å². The van der Waals surface area contributed by atoms with E-state index in [0.29, 0.717) is 51.4 Å². The van der Waals surface area contributed by atoms with Gasteiger partial charge < -0.3 is 43.9 Å². The Hall–Kier alpha value is -2.26. The van der Waals surface area contributed by atoms with Crippen LogP contribution in [-0.2, 0) is 42.9 Å². The molecule has 1 saturated carbocycles. The van der Waals surface area contributed by atoms with Crippen LogP contribution in [0.2, 0.25) is 0 Å². The van der Waals surface area contributed by atoms with Crippen LogP contribution in [0.3, 0.4) is 0 Å². The second-order valence-corrected chi connectivity index (χ2v) is 17.6. The number of esters is 1. The minimum atomic E-state index is -2.49. The highest BCUT2D eigenvalue weighted by Crippen LogP contribution is 2.40. The van der Waals surface area contributed by atoms with Crippen LogP contribution in [0.25, 0.3) is 0 Å². The Labute approximate surface area is 334 Å². The lowest BCUT2D eigenvalue weighted by atomic mass is 9.76. The van der Waals surface area contributed by atoms with E-state index in [-0.39, 0.29) is 55.4 Å². The van der Waals surface area contributed by atoms with Gasteiger partial charge in [0, 0.05) is 52.0 Å². The molecule has 13 nitrogen and oxygen atoms in total. The Kier molecular flexibility index (Phi) is 17.1. The van der Waals surface area contributed by atoms with Crippen molar-refractivity contribution in [1.29, 1.82) is 0 Å². The van der Waals surface area contributed by atoms with Gasteiger partial charge in [0.1, 0.15) is 24.0 Å². The van der Waals surface area contributed by atoms with Gasteiger partial charge in [-0.05, 0) is 95.3 Å². The molecule has 1 amide bonds. The summed E-state index contributed by atoms with van der Waals surface area (Å²) in [5.74, 6) is -7.41. The number of hydrogen-bond donors (Lipinski definition) is 3. The molecule has 3 N–H and O–H groups in total. The number of ketones is 2. The van der Waals surface area contributed by atoms with E-state index in [4.69, 9.17) is 23.7 Å². The third-order valence-corrected chi connectivity index (χ3v) is 13.3. The van der Waals surface area contributed by atoms with Gasteiger partial charge in [0.15, 0.2) is 0 Å². The minimum Gasteiger partial charge on any atom is -0.460 e. The fourth-order valence-electron chi connectivity index (χ4n) is 9.85. The molecule has 2 unspecified atom stereocenters. The third-order valence-electron chi connectivity index (χ3n) is 13.3. The van der Waals surface area contributed by atoms with E-state index >= 15 is 0 Å². The minimum absolute atomic E-state index is 0.0422. The summed E-state index contributed by atoms with van der Waals surface area (Å²) in [6, 6.07) is -1.10. The Morgan fingerprint density at radius 1 is 0.893 bits per heavy atom. The van der Waals surface area contributed by atoms with E-state index in [0.717, 1.165) is 12.0 Å². The predicted octanol–water partition coefficient (Wildman–Crippen LogP) is 4.55. The molecule has 0 radical (unpaired) electrons. The van der Waals surface area contributed by atoms with Crippen molar-refractivity contribution in [3.63, 3.8) is 0 Å². The summed E-state index contributed by atoms with van der Waals surface area (Å²) in [6.07, 6.45) is 2.93. The molecule has 0 aromatic heterocycles. The largest absolute Gasteiger partial charge is 0.460 e. The third kappa shape index (κ3) is 10.9. The number of hydrogen-bond acceptors (Lipinski definition) is 12. The van der Waals surface area contributed by atoms with Crippen LogP contribution >= 0.6 is 0 Å². The van der Waals surface area contributed by atoms with Crippen molar-refractivity contribution in [2.75, 3.05) is 27.9 Å². The normalized spacial score (nSPS) is 41.8. The van der Waals surface area contributed by atoms with Gasteiger partial charge >= 0.3 is 5.97 Å². The van der Waals surface area contributed by atoms with Crippen molar-refractivity contribution in [2.45, 2.75) is 173 Å². The first-order chi connectivity index (χ1) is 26.5. The summed E-state index contributed by atoms with van der Waals surface area (Å²) in [4.78, 5) is 57.7. The van der Waals surface area contributed by atoms with Crippen molar-refractivity contribution < 1.29 is 58.2 Å². The smallest absolute Gasteiger partial charge is 0.329 e. The van der Waals surface area contributed by atoms with Crippen LogP contribution < -0.4 is 0 Å². The molecule has 0 aromatic carbocycles. The molecule has 3 heterocycles. The molecule has 1 aliphatic carbocycles. The summed E-state index contributed by atoms with van der Waals surface area (Å²) in [7, 11) is 4.66. The van der Waals surface area contributed by atoms with Crippen molar-refractivity contribution in [1.82, 2.24) is 4.90 Å². The van der Waals surface area contributed by atoms with Gasteiger partial charge in [0.2, 0.25) is 5.79 Å². The maximum atomic E-state index is 14.3. The molecule has 15 atom stereocenters. The molecule has 2 saturated heterocycles. The van der Waals surface area contributed by atoms with Crippen LogP contribution in [0.15, 0.2) is 11.6 Å². The van der Waals surface area contributed by atoms with Gasteiger partial charge in [-0.3, -0.25) is 14.4 Å². The predicted molar refractivity (Wildman–Crippen MR) is 208 cm³/mol. The lowest BCUT2D eigenvalue weighted by Gasteiger charge is -2.47. The molecule has 320 valence electrons. The lowest BCUT2D eigenvalue weighted by molar-refractivity contribution is -0.302. The zero-order chi connectivity index (χ0) is 41.5. The number of fused-ring (bicyclic) bond motifs is 3. The zero-order valence-electron chi connectivity index (χ0n) is 35.3. The molecule has 2 bridgehead atoms. The highest BCUT2D eigenvalue weighted by Gasteiger charge is 2.56. The Balaban J connectivity index is 1.73. The summed E-state index contributed by atoms with van der Waals surface area (Å²) < 4.78 is 29.8. The quantitative estimate of drug-likeness (QED) is 0.186. The number of piperidine rings is 1. The average Bonchev–Trinajstić information content (AvgIpc) is 3.18. The molecular formula is C43H71NO12. The molecule has 3 aliphatic heterocycles. The van der Waals surface area contributed by atoms with Crippen molar-refractivity contribution in [2.24, 2.45) is 35.5 Å². The number of Topliss-reactive ketones (excluding diaryl/α,β-unsaturated/α-hetero) is 2. The molecule has 0 aromatic rings. The Morgan fingerprint density at radius 2 is 1.55 bits per heavy atom. The van der Waals surface area contributed by atoms with E-state index in [1.807, 2.05) is 26.8 Å². The topological polar surface area (TPSA) is 178 Å². The first-order valence-electron chi connectivity index (χ1n) is 21.1. The van der Waals surface area contributed by atoms with Gasteiger partial charge in [0.05, 0.1) is 30.5 Å². The Morgan fingerprint density at radius 3 is 2.20 bits per heavy atom. The second kappa shape index (κ2) is 20.6. The van der Waals surface area contributed by atoms with E-state index in [1.54, 1.807) is 21.0 Å². The standard InChI is InChI=1S/C43H71NO12/c1-10-30-18-24(2)17-25(3)19-36(53-8)39-37(54-9)21-27(5)43(51,56-39)40(48)41(49)44-16-12-11-13-31(44)42(50)55-38(28(6)33(46)23-34(30)47)26(4)20-29-14-15-32(45)35(22-29)52-7/h18,25-33,35-39,45-46,51H,10-17,19-23H2,1-9H3/b24-18-/t25-,26?,27+,28+,29?,30+,31-,32+,33-,35+,36-,37-,38+,39+,43+/m0/s1. The number of aliphatic hydroxyl groups excluding tert-OH is 2. The number of ether oxygens (including phenoxy) is 5. The number of nitrogens with zero attached hydrogens (tertiary/aromatic N) is 1. The fraction of sp³-hybridized carbons (Fsp3) is 0.860. The van der Waals surface area contributed by atoms with Gasteiger partial charge in [0.25, 0.3) is 11.7 Å². The second-order valence-electron chi connectivity index (χ2n) is 17.6. The van der Waals surface area contributed by atoms with Crippen molar-refractivity contribution >= 4 is 23.4 Å². The molecule has 4 aliphatic rings. The number of cyclic esters (lactones) is 1. The number of rotatable bonds is 7. The van der Waals surface area contributed by atoms with E-state index in [9.17, 15) is 34.5 Å². The average molecular weight is 794 g/mol.